The van der Waals surface area contributed by atoms with Crippen molar-refractivity contribution >= 4 is 0 Å². The average Bonchev–Trinajstić information content (AvgIpc) is 2.20. The highest BCUT2D eigenvalue weighted by molar-refractivity contribution is 5.38. The molecule has 0 bridgehead atoms. The third kappa shape index (κ3) is 3.38. The van der Waals surface area contributed by atoms with Crippen molar-refractivity contribution in [2.45, 2.75) is 32.8 Å². The van der Waals surface area contributed by atoms with Crippen molar-refractivity contribution in [2.24, 2.45) is 0 Å². The monoisotopic (exact) mass is 206 g/mol. The van der Waals surface area contributed by atoms with Crippen LogP contribution < -0.4 is 0 Å². The highest BCUT2D eigenvalue weighted by Gasteiger charge is 2.12. The molecule has 80 valence electrons. The highest BCUT2D eigenvalue weighted by Crippen LogP contribution is 2.10. The Morgan fingerprint density at radius 3 is 2.67 bits per heavy atom. The van der Waals surface area contributed by atoms with Gasteiger partial charge in [0.05, 0.1) is 0 Å². The van der Waals surface area contributed by atoms with Crippen LogP contribution in [0.2, 0.25) is 0 Å². The Balaban J connectivity index is 2.95. The number of hydrogen-bond donors (Lipinski definition) is 1. The second-order valence-corrected chi connectivity index (χ2v) is 3.84. The lowest BCUT2D eigenvalue weighted by atomic mass is 10.0. The minimum absolute atomic E-state index is 0.266. The van der Waals surface area contributed by atoms with Gasteiger partial charge in [-0.25, -0.2) is 4.39 Å². The molecule has 0 amide bonds. The molecule has 1 nitrogen and oxygen atoms in total. The van der Waals surface area contributed by atoms with E-state index in [2.05, 4.69) is 11.8 Å². The van der Waals surface area contributed by atoms with Gasteiger partial charge in [0, 0.05) is 5.56 Å². The van der Waals surface area contributed by atoms with E-state index in [4.69, 9.17) is 0 Å². The molecular weight excluding hydrogens is 191 g/mol. The number of hydrogen-bond acceptors (Lipinski definition) is 1. The molecule has 2 heteroatoms. The minimum atomic E-state index is -0.999. The van der Waals surface area contributed by atoms with Gasteiger partial charge in [0.15, 0.2) is 0 Å². The Morgan fingerprint density at radius 1 is 1.47 bits per heavy atom. The van der Waals surface area contributed by atoms with Crippen molar-refractivity contribution in [3.05, 3.63) is 35.1 Å². The molecule has 0 saturated heterocycles. The maximum atomic E-state index is 13.2. The summed E-state index contributed by atoms with van der Waals surface area (Å²) in [5, 5.41) is 9.64. The summed E-state index contributed by atoms with van der Waals surface area (Å²) in [4.78, 5) is 0. The van der Waals surface area contributed by atoms with Crippen LogP contribution in [0.5, 0.6) is 0 Å². The number of rotatable bonds is 1. The second-order valence-electron chi connectivity index (χ2n) is 3.84. The number of aliphatic hydroxyl groups is 1. The molecule has 0 aromatic heterocycles. The Kier molecular flexibility index (Phi) is 3.49. The van der Waals surface area contributed by atoms with E-state index in [9.17, 15) is 9.50 Å². The summed E-state index contributed by atoms with van der Waals surface area (Å²) in [5.74, 6) is 5.21. The SMILES string of the molecule is CCC(C)(O)C#Cc1ccc(C)c(F)c1. The Hall–Kier alpha value is -1.33. The van der Waals surface area contributed by atoms with E-state index < -0.39 is 5.60 Å². The fourth-order valence-electron chi connectivity index (χ4n) is 0.966. The van der Waals surface area contributed by atoms with Crippen molar-refractivity contribution in [1.82, 2.24) is 0 Å². The molecule has 0 aliphatic rings. The van der Waals surface area contributed by atoms with Crippen LogP contribution in [0.3, 0.4) is 0 Å². The first-order valence-electron chi connectivity index (χ1n) is 4.96. The fourth-order valence-corrected chi connectivity index (χ4v) is 0.966. The molecule has 15 heavy (non-hydrogen) atoms. The molecule has 1 N–H and O–H groups in total. The van der Waals surface area contributed by atoms with Crippen LogP contribution in [-0.2, 0) is 0 Å². The molecule has 0 saturated carbocycles. The van der Waals surface area contributed by atoms with Crippen molar-refractivity contribution < 1.29 is 9.50 Å². The molecule has 1 aromatic rings. The summed E-state index contributed by atoms with van der Waals surface area (Å²) in [5.41, 5.74) is 0.191. The van der Waals surface area contributed by atoms with E-state index in [0.29, 0.717) is 17.5 Å². The van der Waals surface area contributed by atoms with Gasteiger partial charge >= 0.3 is 0 Å². The molecule has 0 fully saturated rings. The first kappa shape index (κ1) is 11.7. The van der Waals surface area contributed by atoms with E-state index in [-0.39, 0.29) is 5.82 Å². The maximum absolute atomic E-state index is 13.2. The van der Waals surface area contributed by atoms with Crippen LogP contribution in [0.15, 0.2) is 18.2 Å². The summed E-state index contributed by atoms with van der Waals surface area (Å²) in [6, 6.07) is 4.81. The fraction of sp³-hybridized carbons (Fsp3) is 0.385. The summed E-state index contributed by atoms with van der Waals surface area (Å²) in [7, 11) is 0. The quantitative estimate of drug-likeness (QED) is 0.700. The molecule has 0 aliphatic carbocycles. The molecular formula is C13H15FO. The molecule has 0 aliphatic heterocycles. The zero-order chi connectivity index (χ0) is 11.5. The Morgan fingerprint density at radius 2 is 2.13 bits per heavy atom. The average molecular weight is 206 g/mol. The molecule has 1 aromatic carbocycles. The predicted octanol–water partition coefficient (Wildman–Crippen LogP) is 2.65. The van der Waals surface area contributed by atoms with Gasteiger partial charge < -0.3 is 5.11 Å². The van der Waals surface area contributed by atoms with Crippen LogP contribution in [0.4, 0.5) is 4.39 Å². The molecule has 1 unspecified atom stereocenters. The minimum Gasteiger partial charge on any atom is -0.378 e. The van der Waals surface area contributed by atoms with Crippen LogP contribution in [-0.4, -0.2) is 10.7 Å². The first-order valence-corrected chi connectivity index (χ1v) is 4.96. The van der Waals surface area contributed by atoms with Gasteiger partial charge in [0.1, 0.15) is 11.4 Å². The molecule has 0 heterocycles. The first-order chi connectivity index (χ1) is 6.94. The topological polar surface area (TPSA) is 20.2 Å². The van der Waals surface area contributed by atoms with E-state index >= 15 is 0 Å². The lowest BCUT2D eigenvalue weighted by molar-refractivity contribution is 0.118. The summed E-state index contributed by atoms with van der Waals surface area (Å²) in [6.45, 7) is 5.20. The van der Waals surface area contributed by atoms with Crippen molar-refractivity contribution in [3.63, 3.8) is 0 Å². The van der Waals surface area contributed by atoms with Crippen molar-refractivity contribution in [3.8, 4) is 11.8 Å². The zero-order valence-corrected chi connectivity index (χ0v) is 9.26. The van der Waals surface area contributed by atoms with Gasteiger partial charge in [-0.05, 0) is 38.0 Å². The Labute approximate surface area is 89.9 Å². The number of halogens is 1. The van der Waals surface area contributed by atoms with E-state index in [1.807, 2.05) is 6.92 Å². The third-order valence-corrected chi connectivity index (χ3v) is 2.34. The van der Waals surface area contributed by atoms with Gasteiger partial charge in [-0.15, -0.1) is 0 Å². The molecule has 1 atom stereocenters. The lowest BCUT2D eigenvalue weighted by Crippen LogP contribution is -2.19. The summed E-state index contributed by atoms with van der Waals surface area (Å²) in [6.07, 6.45) is 0.550. The van der Waals surface area contributed by atoms with Gasteiger partial charge in [0.2, 0.25) is 0 Å². The lowest BCUT2D eigenvalue weighted by Gasteiger charge is -2.11. The second kappa shape index (κ2) is 4.46. The van der Waals surface area contributed by atoms with Crippen molar-refractivity contribution in [1.29, 1.82) is 0 Å². The Bertz CT molecular complexity index is 410. The van der Waals surface area contributed by atoms with Gasteiger partial charge in [0.25, 0.3) is 0 Å². The largest absolute Gasteiger partial charge is 0.378 e. The predicted molar refractivity (Wildman–Crippen MR) is 58.9 cm³/mol. The highest BCUT2D eigenvalue weighted by atomic mass is 19.1. The normalized spacial score (nSPS) is 13.9. The van der Waals surface area contributed by atoms with Gasteiger partial charge in [-0.2, -0.15) is 0 Å². The number of aryl methyl sites for hydroxylation is 1. The molecule has 0 spiro atoms. The standard InChI is InChI=1S/C13H15FO/c1-4-13(3,15)8-7-11-6-5-10(2)12(14)9-11/h5-6,9,15H,4H2,1-3H3. The van der Waals surface area contributed by atoms with Crippen LogP contribution in [0.1, 0.15) is 31.4 Å². The molecule has 0 radical (unpaired) electrons. The smallest absolute Gasteiger partial charge is 0.127 e. The maximum Gasteiger partial charge on any atom is 0.127 e. The van der Waals surface area contributed by atoms with E-state index in [0.717, 1.165) is 0 Å². The van der Waals surface area contributed by atoms with Crippen LogP contribution in [0.25, 0.3) is 0 Å². The third-order valence-electron chi connectivity index (χ3n) is 2.34. The van der Waals surface area contributed by atoms with Gasteiger partial charge in [-0.3, -0.25) is 0 Å². The molecule has 1 rings (SSSR count). The van der Waals surface area contributed by atoms with Gasteiger partial charge in [-0.1, -0.05) is 24.8 Å². The van der Waals surface area contributed by atoms with E-state index in [1.54, 1.807) is 26.0 Å². The van der Waals surface area contributed by atoms with Crippen LogP contribution >= 0.6 is 0 Å². The van der Waals surface area contributed by atoms with Crippen molar-refractivity contribution in [2.75, 3.05) is 0 Å². The number of benzene rings is 1. The summed E-state index contributed by atoms with van der Waals surface area (Å²) < 4.78 is 13.2. The zero-order valence-electron chi connectivity index (χ0n) is 9.26. The van der Waals surface area contributed by atoms with Crippen LogP contribution in [0, 0.1) is 24.6 Å². The summed E-state index contributed by atoms with van der Waals surface area (Å²) >= 11 is 0. The van der Waals surface area contributed by atoms with E-state index in [1.165, 1.54) is 6.07 Å².